The Labute approximate surface area is 87.7 Å². The molecule has 0 aromatic carbocycles. The first-order valence-electron chi connectivity index (χ1n) is 5.07. The van der Waals surface area contributed by atoms with E-state index < -0.39 is 0 Å². The predicted molar refractivity (Wildman–Crippen MR) is 52.4 cm³/mol. The number of aliphatic hydroxyl groups is 1. The van der Waals surface area contributed by atoms with E-state index in [0.29, 0.717) is 18.0 Å². The Morgan fingerprint density at radius 1 is 1.80 bits per heavy atom. The predicted octanol–water partition coefficient (Wildman–Crippen LogP) is 0.580. The summed E-state index contributed by atoms with van der Waals surface area (Å²) in [4.78, 5) is 13.6. The molecule has 1 aromatic heterocycles. The van der Waals surface area contributed by atoms with E-state index in [4.69, 9.17) is 9.63 Å². The summed E-state index contributed by atoms with van der Waals surface area (Å²) >= 11 is 0. The highest BCUT2D eigenvalue weighted by Crippen LogP contribution is 2.19. The Hall–Kier alpha value is -1.36. The van der Waals surface area contributed by atoms with E-state index in [0.717, 1.165) is 12.8 Å². The lowest BCUT2D eigenvalue weighted by Crippen LogP contribution is -2.37. The van der Waals surface area contributed by atoms with E-state index in [1.165, 1.54) is 0 Å². The molecule has 2 heterocycles. The highest BCUT2D eigenvalue weighted by molar-refractivity contribution is 5.92. The van der Waals surface area contributed by atoms with Gasteiger partial charge in [-0.2, -0.15) is 0 Å². The number of likely N-dealkylation sites (tertiary alicyclic amines) is 1. The SMILES string of the molecule is Cc1cc(C(=O)N2CCC[C@@H]2CO)no1. The smallest absolute Gasteiger partial charge is 0.276 e. The van der Waals surface area contributed by atoms with Gasteiger partial charge in [-0.1, -0.05) is 5.16 Å². The number of aliphatic hydroxyl groups excluding tert-OH is 1. The molecule has 0 bridgehead atoms. The lowest BCUT2D eigenvalue weighted by Gasteiger charge is -2.21. The normalized spacial score (nSPS) is 20.9. The van der Waals surface area contributed by atoms with Crippen molar-refractivity contribution in [3.05, 3.63) is 17.5 Å². The van der Waals surface area contributed by atoms with Crippen LogP contribution in [-0.4, -0.2) is 40.3 Å². The molecule has 0 aliphatic carbocycles. The van der Waals surface area contributed by atoms with E-state index in [1.54, 1.807) is 17.9 Å². The van der Waals surface area contributed by atoms with E-state index in [-0.39, 0.29) is 18.6 Å². The van der Waals surface area contributed by atoms with Crippen molar-refractivity contribution in [1.29, 1.82) is 0 Å². The molecule has 5 heteroatoms. The summed E-state index contributed by atoms with van der Waals surface area (Å²) in [5, 5.41) is 12.8. The molecule has 1 aliphatic heterocycles. The molecule has 1 fully saturated rings. The molecular weight excluding hydrogens is 196 g/mol. The molecular formula is C10H14N2O3. The molecule has 1 amide bonds. The number of hydrogen-bond acceptors (Lipinski definition) is 4. The van der Waals surface area contributed by atoms with Crippen molar-refractivity contribution in [2.24, 2.45) is 0 Å². The maximum atomic E-state index is 11.9. The third-order valence-electron chi connectivity index (χ3n) is 2.70. The van der Waals surface area contributed by atoms with Crippen LogP contribution in [0, 0.1) is 6.92 Å². The van der Waals surface area contributed by atoms with E-state index in [2.05, 4.69) is 5.16 Å². The quantitative estimate of drug-likeness (QED) is 0.775. The number of aromatic nitrogens is 1. The summed E-state index contributed by atoms with van der Waals surface area (Å²) in [5.74, 6) is 0.474. The largest absolute Gasteiger partial charge is 0.394 e. The molecule has 1 N–H and O–H groups in total. The van der Waals surface area contributed by atoms with Gasteiger partial charge < -0.3 is 14.5 Å². The number of rotatable bonds is 2. The van der Waals surface area contributed by atoms with E-state index in [1.807, 2.05) is 0 Å². The number of carbonyl (C=O) groups is 1. The fourth-order valence-electron chi connectivity index (χ4n) is 1.91. The van der Waals surface area contributed by atoms with Crippen molar-refractivity contribution in [3.63, 3.8) is 0 Å². The average Bonchev–Trinajstić information content (AvgIpc) is 2.84. The Kier molecular flexibility index (Phi) is 2.73. The minimum Gasteiger partial charge on any atom is -0.394 e. The molecule has 82 valence electrons. The van der Waals surface area contributed by atoms with Gasteiger partial charge in [-0.25, -0.2) is 0 Å². The van der Waals surface area contributed by atoms with Crippen molar-refractivity contribution in [2.75, 3.05) is 13.2 Å². The fraction of sp³-hybridized carbons (Fsp3) is 0.600. The van der Waals surface area contributed by atoms with Crippen molar-refractivity contribution in [3.8, 4) is 0 Å². The number of hydrogen-bond donors (Lipinski definition) is 1. The van der Waals surface area contributed by atoms with Gasteiger partial charge in [0.15, 0.2) is 5.69 Å². The monoisotopic (exact) mass is 210 g/mol. The second-order valence-electron chi connectivity index (χ2n) is 3.80. The summed E-state index contributed by atoms with van der Waals surface area (Å²) in [6.45, 7) is 2.45. The van der Waals surface area contributed by atoms with Gasteiger partial charge in [0, 0.05) is 12.6 Å². The molecule has 1 aromatic rings. The van der Waals surface area contributed by atoms with Crippen LogP contribution < -0.4 is 0 Å². The summed E-state index contributed by atoms with van der Waals surface area (Å²) in [6.07, 6.45) is 1.80. The van der Waals surface area contributed by atoms with Crippen LogP contribution in [0.3, 0.4) is 0 Å². The van der Waals surface area contributed by atoms with Crippen LogP contribution in [0.25, 0.3) is 0 Å². The number of nitrogens with zero attached hydrogens (tertiary/aromatic N) is 2. The number of aryl methyl sites for hydroxylation is 1. The van der Waals surface area contributed by atoms with E-state index >= 15 is 0 Å². The van der Waals surface area contributed by atoms with Gasteiger partial charge in [-0.05, 0) is 19.8 Å². The van der Waals surface area contributed by atoms with Gasteiger partial charge in [0.1, 0.15) is 5.76 Å². The van der Waals surface area contributed by atoms with Crippen LogP contribution in [0.2, 0.25) is 0 Å². The van der Waals surface area contributed by atoms with Crippen LogP contribution in [0.5, 0.6) is 0 Å². The minimum atomic E-state index is -0.150. The number of carbonyl (C=O) groups excluding carboxylic acids is 1. The third-order valence-corrected chi connectivity index (χ3v) is 2.70. The molecule has 0 radical (unpaired) electrons. The van der Waals surface area contributed by atoms with Crippen LogP contribution in [-0.2, 0) is 0 Å². The average molecular weight is 210 g/mol. The summed E-state index contributed by atoms with van der Waals surface area (Å²) < 4.78 is 4.85. The van der Waals surface area contributed by atoms with E-state index in [9.17, 15) is 4.79 Å². The highest BCUT2D eigenvalue weighted by Gasteiger charge is 2.30. The summed E-state index contributed by atoms with van der Waals surface area (Å²) in [5.41, 5.74) is 0.327. The zero-order valence-electron chi connectivity index (χ0n) is 8.64. The third kappa shape index (κ3) is 1.87. The van der Waals surface area contributed by atoms with Crippen LogP contribution >= 0.6 is 0 Å². The lowest BCUT2D eigenvalue weighted by molar-refractivity contribution is 0.0667. The van der Waals surface area contributed by atoms with Gasteiger partial charge in [0.2, 0.25) is 0 Å². The topological polar surface area (TPSA) is 66.6 Å². The Morgan fingerprint density at radius 2 is 2.60 bits per heavy atom. The Balaban J connectivity index is 2.13. The zero-order valence-corrected chi connectivity index (χ0v) is 8.64. The first kappa shape index (κ1) is 10.2. The fourth-order valence-corrected chi connectivity index (χ4v) is 1.91. The first-order chi connectivity index (χ1) is 7.22. The minimum absolute atomic E-state index is 0.0164. The van der Waals surface area contributed by atoms with Gasteiger partial charge >= 0.3 is 0 Å². The van der Waals surface area contributed by atoms with Crippen molar-refractivity contribution >= 4 is 5.91 Å². The molecule has 15 heavy (non-hydrogen) atoms. The molecule has 1 saturated heterocycles. The highest BCUT2D eigenvalue weighted by atomic mass is 16.5. The Morgan fingerprint density at radius 3 is 3.20 bits per heavy atom. The van der Waals surface area contributed by atoms with Crippen LogP contribution in [0.15, 0.2) is 10.6 Å². The van der Waals surface area contributed by atoms with Crippen LogP contribution in [0.4, 0.5) is 0 Å². The second-order valence-corrected chi connectivity index (χ2v) is 3.80. The Bertz CT molecular complexity index is 361. The molecule has 1 aliphatic rings. The molecule has 0 unspecified atom stereocenters. The molecule has 5 nitrogen and oxygen atoms in total. The van der Waals surface area contributed by atoms with Gasteiger partial charge in [-0.3, -0.25) is 4.79 Å². The molecule has 2 rings (SSSR count). The van der Waals surface area contributed by atoms with Gasteiger partial charge in [0.05, 0.1) is 12.6 Å². The van der Waals surface area contributed by atoms with Gasteiger partial charge in [0.25, 0.3) is 5.91 Å². The maximum Gasteiger partial charge on any atom is 0.276 e. The molecule has 0 saturated carbocycles. The maximum absolute atomic E-state index is 11.9. The summed E-state index contributed by atoms with van der Waals surface area (Å²) in [6, 6.07) is 1.56. The summed E-state index contributed by atoms with van der Waals surface area (Å²) in [7, 11) is 0. The zero-order chi connectivity index (χ0) is 10.8. The first-order valence-corrected chi connectivity index (χ1v) is 5.07. The van der Waals surface area contributed by atoms with Crippen molar-refractivity contribution in [1.82, 2.24) is 10.1 Å². The van der Waals surface area contributed by atoms with Gasteiger partial charge in [-0.15, -0.1) is 0 Å². The standard InChI is InChI=1S/C10H14N2O3/c1-7-5-9(11-15-7)10(14)12-4-2-3-8(12)6-13/h5,8,13H,2-4,6H2,1H3/t8-/m1/s1. The molecule has 0 spiro atoms. The molecule has 1 atom stereocenters. The van der Waals surface area contributed by atoms with Crippen LogP contribution in [0.1, 0.15) is 29.1 Å². The van der Waals surface area contributed by atoms with Crippen molar-refractivity contribution in [2.45, 2.75) is 25.8 Å². The second kappa shape index (κ2) is 4.02. The lowest BCUT2D eigenvalue weighted by atomic mass is 10.2. The van der Waals surface area contributed by atoms with Crippen molar-refractivity contribution < 1.29 is 14.4 Å². The number of amides is 1.